The van der Waals surface area contributed by atoms with Crippen molar-refractivity contribution in [3.63, 3.8) is 0 Å². The standard InChI is InChI=1S/C19H22N2O2/c1-13-18(15-5-2-3-6-16(15)20-13)14-8-10-21(11-9-14)19(22)17-7-4-12-23-17/h2-3,5-6,8,17,20H,4,7,9-12H2,1H3. The van der Waals surface area contributed by atoms with Gasteiger partial charge in [0, 0.05) is 41.9 Å². The third-order valence-electron chi connectivity index (χ3n) is 4.94. The molecule has 4 heteroatoms. The van der Waals surface area contributed by atoms with Crippen molar-refractivity contribution < 1.29 is 9.53 Å². The fourth-order valence-corrected chi connectivity index (χ4v) is 3.76. The van der Waals surface area contributed by atoms with E-state index in [4.69, 9.17) is 4.74 Å². The van der Waals surface area contributed by atoms with Gasteiger partial charge in [-0.15, -0.1) is 0 Å². The number of nitrogens with one attached hydrogen (secondary N) is 1. The van der Waals surface area contributed by atoms with Crippen molar-refractivity contribution in [2.75, 3.05) is 19.7 Å². The van der Waals surface area contributed by atoms with E-state index in [0.717, 1.165) is 32.4 Å². The molecule has 0 aliphatic carbocycles. The van der Waals surface area contributed by atoms with Crippen LogP contribution in [-0.2, 0) is 9.53 Å². The predicted molar refractivity (Wildman–Crippen MR) is 91.2 cm³/mol. The first-order chi connectivity index (χ1) is 11.2. The van der Waals surface area contributed by atoms with Gasteiger partial charge in [-0.05, 0) is 37.8 Å². The molecule has 2 aliphatic rings. The molecule has 2 aromatic rings. The lowest BCUT2D eigenvalue weighted by Gasteiger charge is -2.28. The highest BCUT2D eigenvalue weighted by Gasteiger charge is 2.29. The van der Waals surface area contributed by atoms with Crippen LogP contribution >= 0.6 is 0 Å². The summed E-state index contributed by atoms with van der Waals surface area (Å²) in [6, 6.07) is 8.41. The molecule has 1 saturated heterocycles. The van der Waals surface area contributed by atoms with Crippen molar-refractivity contribution in [1.29, 1.82) is 0 Å². The normalized spacial score (nSPS) is 21.7. The molecule has 2 aliphatic heterocycles. The van der Waals surface area contributed by atoms with Gasteiger partial charge in [0.15, 0.2) is 0 Å². The van der Waals surface area contributed by atoms with Gasteiger partial charge in [0.25, 0.3) is 5.91 Å². The van der Waals surface area contributed by atoms with Gasteiger partial charge < -0.3 is 14.6 Å². The summed E-state index contributed by atoms with van der Waals surface area (Å²) in [6.07, 6.45) is 4.77. The van der Waals surface area contributed by atoms with Crippen LogP contribution in [0.25, 0.3) is 16.5 Å². The molecule has 1 aromatic carbocycles. The van der Waals surface area contributed by atoms with Gasteiger partial charge in [0.05, 0.1) is 0 Å². The highest BCUT2D eigenvalue weighted by atomic mass is 16.5. The summed E-state index contributed by atoms with van der Waals surface area (Å²) in [7, 11) is 0. The lowest BCUT2D eigenvalue weighted by atomic mass is 9.96. The molecule has 1 aromatic heterocycles. The van der Waals surface area contributed by atoms with Crippen LogP contribution in [0.15, 0.2) is 30.3 Å². The average molecular weight is 310 g/mol. The maximum atomic E-state index is 12.4. The Balaban J connectivity index is 1.57. The lowest BCUT2D eigenvalue weighted by Crippen LogP contribution is -2.41. The summed E-state index contributed by atoms with van der Waals surface area (Å²) in [4.78, 5) is 17.8. The number of para-hydroxylation sites is 1. The fourth-order valence-electron chi connectivity index (χ4n) is 3.76. The van der Waals surface area contributed by atoms with E-state index >= 15 is 0 Å². The monoisotopic (exact) mass is 310 g/mol. The Morgan fingerprint density at radius 2 is 2.22 bits per heavy atom. The number of carbonyl (C=O) groups excluding carboxylic acids is 1. The molecule has 1 amide bonds. The summed E-state index contributed by atoms with van der Waals surface area (Å²) in [6.45, 7) is 4.32. The molecule has 23 heavy (non-hydrogen) atoms. The number of hydrogen-bond acceptors (Lipinski definition) is 2. The highest BCUT2D eigenvalue weighted by Crippen LogP contribution is 2.32. The van der Waals surface area contributed by atoms with Gasteiger partial charge in [-0.1, -0.05) is 24.3 Å². The summed E-state index contributed by atoms with van der Waals surface area (Å²) in [5.74, 6) is 0.161. The maximum Gasteiger partial charge on any atom is 0.251 e. The second-order valence-corrected chi connectivity index (χ2v) is 6.44. The quantitative estimate of drug-likeness (QED) is 0.925. The summed E-state index contributed by atoms with van der Waals surface area (Å²) >= 11 is 0. The van der Waals surface area contributed by atoms with Gasteiger partial charge in [0.1, 0.15) is 6.10 Å². The Morgan fingerprint density at radius 1 is 1.35 bits per heavy atom. The summed E-state index contributed by atoms with van der Waals surface area (Å²) < 4.78 is 5.53. The van der Waals surface area contributed by atoms with E-state index in [2.05, 4.69) is 42.2 Å². The smallest absolute Gasteiger partial charge is 0.251 e. The number of hydrogen-bond donors (Lipinski definition) is 1. The van der Waals surface area contributed by atoms with E-state index < -0.39 is 0 Å². The zero-order valence-electron chi connectivity index (χ0n) is 13.5. The maximum absolute atomic E-state index is 12.4. The first-order valence-electron chi connectivity index (χ1n) is 8.41. The summed E-state index contributed by atoms with van der Waals surface area (Å²) in [5.41, 5.74) is 5.04. The average Bonchev–Trinajstić information content (AvgIpc) is 3.21. The largest absolute Gasteiger partial charge is 0.368 e. The van der Waals surface area contributed by atoms with Crippen LogP contribution < -0.4 is 0 Å². The molecule has 120 valence electrons. The number of aromatic nitrogens is 1. The number of rotatable bonds is 2. The van der Waals surface area contributed by atoms with Crippen LogP contribution in [0.1, 0.15) is 30.5 Å². The van der Waals surface area contributed by atoms with Crippen LogP contribution in [-0.4, -0.2) is 41.6 Å². The molecule has 0 bridgehead atoms. The van der Waals surface area contributed by atoms with Crippen LogP contribution in [0.2, 0.25) is 0 Å². The molecule has 0 radical (unpaired) electrons. The van der Waals surface area contributed by atoms with Crippen LogP contribution in [0.5, 0.6) is 0 Å². The van der Waals surface area contributed by atoms with Crippen LogP contribution in [0.4, 0.5) is 0 Å². The van der Waals surface area contributed by atoms with Gasteiger partial charge in [-0.25, -0.2) is 0 Å². The van der Waals surface area contributed by atoms with Crippen molar-refractivity contribution in [1.82, 2.24) is 9.88 Å². The summed E-state index contributed by atoms with van der Waals surface area (Å²) in [5, 5.41) is 1.27. The Kier molecular flexibility index (Phi) is 3.69. The minimum atomic E-state index is -0.209. The third-order valence-corrected chi connectivity index (χ3v) is 4.94. The number of nitrogens with zero attached hydrogens (tertiary/aromatic N) is 1. The first kappa shape index (κ1) is 14.5. The van der Waals surface area contributed by atoms with Gasteiger partial charge in [0.2, 0.25) is 0 Å². The van der Waals surface area contributed by atoms with Crippen molar-refractivity contribution in [2.24, 2.45) is 0 Å². The Labute approximate surface area is 136 Å². The number of H-pyrrole nitrogens is 1. The molecule has 1 fully saturated rings. The topological polar surface area (TPSA) is 45.3 Å². The number of benzene rings is 1. The Morgan fingerprint density at radius 3 is 2.96 bits per heavy atom. The minimum Gasteiger partial charge on any atom is -0.368 e. The second kappa shape index (κ2) is 5.85. The van der Waals surface area contributed by atoms with E-state index in [-0.39, 0.29) is 12.0 Å². The number of amides is 1. The van der Waals surface area contributed by atoms with E-state index in [1.54, 1.807) is 0 Å². The van der Waals surface area contributed by atoms with Gasteiger partial charge in [-0.3, -0.25) is 4.79 Å². The van der Waals surface area contributed by atoms with E-state index in [0.29, 0.717) is 6.54 Å². The molecule has 0 saturated carbocycles. The zero-order chi connectivity index (χ0) is 15.8. The number of ether oxygens (including phenoxy) is 1. The van der Waals surface area contributed by atoms with Crippen molar-refractivity contribution >= 4 is 22.4 Å². The third kappa shape index (κ3) is 2.57. The molecule has 4 nitrogen and oxygen atoms in total. The van der Waals surface area contributed by atoms with E-state index in [1.165, 1.54) is 27.7 Å². The first-order valence-corrected chi connectivity index (χ1v) is 8.41. The molecule has 1 unspecified atom stereocenters. The molecule has 1 N–H and O–H groups in total. The number of aromatic amines is 1. The molecule has 4 rings (SSSR count). The molecule has 1 atom stereocenters. The Hall–Kier alpha value is -2.07. The molecule has 3 heterocycles. The van der Waals surface area contributed by atoms with Gasteiger partial charge >= 0.3 is 0 Å². The number of carbonyl (C=O) groups is 1. The second-order valence-electron chi connectivity index (χ2n) is 6.44. The van der Waals surface area contributed by atoms with Crippen molar-refractivity contribution in [3.8, 4) is 0 Å². The van der Waals surface area contributed by atoms with Crippen molar-refractivity contribution in [3.05, 3.63) is 41.6 Å². The molecular formula is C19H22N2O2. The number of fused-ring (bicyclic) bond motifs is 1. The molecule has 0 spiro atoms. The van der Waals surface area contributed by atoms with Gasteiger partial charge in [-0.2, -0.15) is 0 Å². The van der Waals surface area contributed by atoms with E-state index in [9.17, 15) is 4.79 Å². The van der Waals surface area contributed by atoms with E-state index in [1.807, 2.05) is 4.90 Å². The minimum absolute atomic E-state index is 0.161. The SMILES string of the molecule is Cc1[nH]c2ccccc2c1C1=CCN(C(=O)C2CCCO2)CC1. The van der Waals surface area contributed by atoms with Crippen LogP contribution in [0, 0.1) is 6.92 Å². The Bertz CT molecular complexity index is 769. The lowest BCUT2D eigenvalue weighted by molar-refractivity contribution is -0.140. The van der Waals surface area contributed by atoms with Crippen molar-refractivity contribution in [2.45, 2.75) is 32.3 Å². The van der Waals surface area contributed by atoms with Crippen LogP contribution in [0.3, 0.4) is 0 Å². The molecular weight excluding hydrogens is 288 g/mol. The highest BCUT2D eigenvalue weighted by molar-refractivity contribution is 5.94. The fraction of sp³-hybridized carbons (Fsp3) is 0.421. The number of aryl methyl sites for hydroxylation is 1. The zero-order valence-corrected chi connectivity index (χ0v) is 13.5. The predicted octanol–water partition coefficient (Wildman–Crippen LogP) is 3.27.